The Hall–Kier alpha value is -3.36. The average Bonchev–Trinajstić information content (AvgIpc) is 2.85. The number of nitrogens with zero attached hydrogens (tertiary/aromatic N) is 2. The van der Waals surface area contributed by atoms with E-state index in [9.17, 15) is 18.0 Å². The molecule has 0 radical (unpaired) electrons. The predicted molar refractivity (Wildman–Crippen MR) is 162 cm³/mol. The minimum Gasteiger partial charge on any atom is -0.350 e. The molecule has 214 valence electrons. The number of halogens is 1. The molecule has 2 amide bonds. The number of hydrogen-bond donors (Lipinski definition) is 1. The van der Waals surface area contributed by atoms with Gasteiger partial charge in [-0.2, -0.15) is 0 Å². The van der Waals surface area contributed by atoms with Gasteiger partial charge in [-0.05, 0) is 75.1 Å². The molecule has 40 heavy (non-hydrogen) atoms. The van der Waals surface area contributed by atoms with E-state index in [1.165, 1.54) is 4.90 Å². The maximum Gasteiger partial charge on any atom is 0.244 e. The summed E-state index contributed by atoms with van der Waals surface area (Å²) in [5, 5.41) is 3.49. The Morgan fingerprint density at radius 2 is 1.55 bits per heavy atom. The molecule has 0 fully saturated rings. The van der Waals surface area contributed by atoms with Crippen LogP contribution >= 0.6 is 11.6 Å². The number of anilines is 1. The third-order valence-electron chi connectivity index (χ3n) is 6.48. The summed E-state index contributed by atoms with van der Waals surface area (Å²) < 4.78 is 27.0. The van der Waals surface area contributed by atoms with Crippen molar-refractivity contribution in [1.29, 1.82) is 0 Å². The molecule has 1 atom stereocenters. The van der Waals surface area contributed by atoms with Crippen LogP contribution in [0, 0.1) is 13.8 Å². The van der Waals surface area contributed by atoms with Gasteiger partial charge in [0.25, 0.3) is 0 Å². The second kappa shape index (κ2) is 12.9. The van der Waals surface area contributed by atoms with Crippen molar-refractivity contribution < 1.29 is 18.0 Å². The number of nitrogens with one attached hydrogen (secondary N) is 1. The number of sulfonamides is 1. The molecule has 0 aliphatic carbocycles. The van der Waals surface area contributed by atoms with Crippen LogP contribution in [0.1, 0.15) is 43.0 Å². The lowest BCUT2D eigenvalue weighted by molar-refractivity contribution is -0.140. The van der Waals surface area contributed by atoms with Crippen LogP contribution in [0.15, 0.2) is 72.8 Å². The Morgan fingerprint density at radius 1 is 0.925 bits per heavy atom. The molecule has 9 heteroatoms. The molecule has 3 rings (SSSR count). The maximum atomic E-state index is 14.2. The average molecular weight is 584 g/mol. The van der Waals surface area contributed by atoms with Crippen molar-refractivity contribution in [2.24, 2.45) is 0 Å². The lowest BCUT2D eigenvalue weighted by Gasteiger charge is -2.35. The molecule has 0 aromatic heterocycles. The number of aryl methyl sites for hydroxylation is 2. The zero-order valence-electron chi connectivity index (χ0n) is 23.9. The van der Waals surface area contributed by atoms with E-state index in [1.54, 1.807) is 25.1 Å². The van der Waals surface area contributed by atoms with Gasteiger partial charge in [-0.15, -0.1) is 0 Å². The van der Waals surface area contributed by atoms with Crippen molar-refractivity contribution in [3.63, 3.8) is 0 Å². The van der Waals surface area contributed by atoms with Crippen molar-refractivity contribution in [3.8, 4) is 0 Å². The molecule has 0 heterocycles. The summed E-state index contributed by atoms with van der Waals surface area (Å²) in [4.78, 5) is 29.5. The fourth-order valence-corrected chi connectivity index (χ4v) is 5.61. The SMILES string of the molecule is Cc1ccccc1CN(C(=O)CN(c1ccc(Cl)cc1C)S(C)(=O)=O)C(Cc1ccccc1)C(=O)NC(C)(C)C. The summed E-state index contributed by atoms with van der Waals surface area (Å²) in [6, 6.07) is 21.1. The monoisotopic (exact) mass is 583 g/mol. The molecule has 0 saturated carbocycles. The zero-order chi connectivity index (χ0) is 29.7. The molecule has 0 aliphatic rings. The first kappa shape index (κ1) is 31.2. The topological polar surface area (TPSA) is 86.8 Å². The summed E-state index contributed by atoms with van der Waals surface area (Å²) in [7, 11) is -3.85. The van der Waals surface area contributed by atoms with Crippen LogP contribution in [0.5, 0.6) is 0 Å². The molecule has 0 spiro atoms. The molecular formula is C31H38ClN3O4S. The van der Waals surface area contributed by atoms with Crippen molar-refractivity contribution in [1.82, 2.24) is 10.2 Å². The van der Waals surface area contributed by atoms with E-state index in [-0.39, 0.29) is 18.9 Å². The van der Waals surface area contributed by atoms with Crippen molar-refractivity contribution >= 4 is 39.1 Å². The fraction of sp³-hybridized carbons (Fsp3) is 0.355. The summed E-state index contributed by atoms with van der Waals surface area (Å²) in [6.45, 7) is 8.99. The Kier molecular flexibility index (Phi) is 10.0. The van der Waals surface area contributed by atoms with Gasteiger partial charge in [0, 0.05) is 23.5 Å². The minimum atomic E-state index is -3.85. The maximum absolute atomic E-state index is 14.2. The first-order chi connectivity index (χ1) is 18.7. The number of rotatable bonds is 10. The predicted octanol–water partition coefficient (Wildman–Crippen LogP) is 5.28. The highest BCUT2D eigenvalue weighted by molar-refractivity contribution is 7.92. The van der Waals surface area contributed by atoms with Gasteiger partial charge in [0.15, 0.2) is 0 Å². The Labute approximate surface area is 243 Å². The second-order valence-electron chi connectivity index (χ2n) is 11.1. The Balaban J connectivity index is 2.10. The molecule has 1 N–H and O–H groups in total. The molecular weight excluding hydrogens is 546 g/mol. The van der Waals surface area contributed by atoms with Gasteiger partial charge in [0.1, 0.15) is 12.6 Å². The quantitative estimate of drug-likeness (QED) is 0.352. The molecule has 0 saturated heterocycles. The van der Waals surface area contributed by atoms with E-state index < -0.39 is 34.1 Å². The van der Waals surface area contributed by atoms with Crippen LogP contribution in [-0.2, 0) is 32.6 Å². The highest BCUT2D eigenvalue weighted by atomic mass is 35.5. The van der Waals surface area contributed by atoms with E-state index in [2.05, 4.69) is 5.32 Å². The standard InChI is InChI=1S/C31H38ClN3O4S/c1-22-12-10-11-15-25(22)20-34(28(30(37)33-31(3,4)5)19-24-13-8-7-9-14-24)29(36)21-35(40(6,38)39)27-17-16-26(32)18-23(27)2/h7-18,28H,19-21H2,1-6H3,(H,33,37). The lowest BCUT2D eigenvalue weighted by Crippen LogP contribution is -2.56. The van der Waals surface area contributed by atoms with Crippen molar-refractivity contribution in [2.45, 2.75) is 59.2 Å². The van der Waals surface area contributed by atoms with Gasteiger partial charge in [0.2, 0.25) is 21.8 Å². The van der Waals surface area contributed by atoms with E-state index in [0.717, 1.165) is 27.3 Å². The first-order valence-corrected chi connectivity index (χ1v) is 15.3. The van der Waals surface area contributed by atoms with E-state index in [0.29, 0.717) is 16.3 Å². The van der Waals surface area contributed by atoms with Gasteiger partial charge >= 0.3 is 0 Å². The second-order valence-corrected chi connectivity index (χ2v) is 13.4. The summed E-state index contributed by atoms with van der Waals surface area (Å²) in [5.74, 6) is -0.806. The fourth-order valence-electron chi connectivity index (χ4n) is 4.47. The van der Waals surface area contributed by atoms with Gasteiger partial charge < -0.3 is 10.2 Å². The third-order valence-corrected chi connectivity index (χ3v) is 7.84. The first-order valence-electron chi connectivity index (χ1n) is 13.1. The molecule has 0 aliphatic heterocycles. The van der Waals surface area contributed by atoms with Crippen LogP contribution in [0.2, 0.25) is 5.02 Å². The van der Waals surface area contributed by atoms with Gasteiger partial charge in [-0.1, -0.05) is 66.2 Å². The Bertz CT molecular complexity index is 1450. The van der Waals surface area contributed by atoms with Crippen LogP contribution in [0.25, 0.3) is 0 Å². The van der Waals surface area contributed by atoms with Crippen LogP contribution in [0.4, 0.5) is 5.69 Å². The van der Waals surface area contributed by atoms with E-state index in [1.807, 2.05) is 82.3 Å². The molecule has 3 aromatic carbocycles. The number of hydrogen-bond acceptors (Lipinski definition) is 4. The normalized spacial score (nSPS) is 12.5. The number of carbonyl (C=O) groups is 2. The van der Waals surface area contributed by atoms with Gasteiger partial charge in [-0.25, -0.2) is 8.42 Å². The number of carbonyl (C=O) groups excluding carboxylic acids is 2. The van der Waals surface area contributed by atoms with Crippen molar-refractivity contribution in [3.05, 3.63) is 100 Å². The number of amides is 2. The van der Waals surface area contributed by atoms with Gasteiger partial charge in [-0.3, -0.25) is 13.9 Å². The smallest absolute Gasteiger partial charge is 0.244 e. The zero-order valence-corrected chi connectivity index (χ0v) is 25.5. The Morgan fingerprint density at radius 3 is 2.12 bits per heavy atom. The summed E-state index contributed by atoms with van der Waals surface area (Å²) in [5.41, 5.74) is 3.14. The molecule has 1 unspecified atom stereocenters. The molecule has 3 aromatic rings. The third kappa shape index (κ3) is 8.57. The number of benzene rings is 3. The highest BCUT2D eigenvalue weighted by Crippen LogP contribution is 2.26. The minimum absolute atomic E-state index is 0.137. The lowest BCUT2D eigenvalue weighted by atomic mass is 10.00. The highest BCUT2D eigenvalue weighted by Gasteiger charge is 2.34. The van der Waals surface area contributed by atoms with Crippen LogP contribution in [-0.4, -0.2) is 49.5 Å². The molecule has 7 nitrogen and oxygen atoms in total. The van der Waals surface area contributed by atoms with E-state index in [4.69, 9.17) is 11.6 Å². The van der Waals surface area contributed by atoms with Crippen LogP contribution in [0.3, 0.4) is 0 Å². The molecule has 0 bridgehead atoms. The van der Waals surface area contributed by atoms with Crippen molar-refractivity contribution in [2.75, 3.05) is 17.1 Å². The van der Waals surface area contributed by atoms with Crippen LogP contribution < -0.4 is 9.62 Å². The summed E-state index contributed by atoms with van der Waals surface area (Å²) >= 11 is 6.12. The largest absolute Gasteiger partial charge is 0.350 e. The van der Waals surface area contributed by atoms with Gasteiger partial charge in [0.05, 0.1) is 11.9 Å². The summed E-state index contributed by atoms with van der Waals surface area (Å²) in [6.07, 6.45) is 1.33. The van der Waals surface area contributed by atoms with E-state index >= 15 is 0 Å².